The molecule has 1 aromatic heterocycles. The first kappa shape index (κ1) is 18.4. The second-order valence-corrected chi connectivity index (χ2v) is 5.68. The zero-order chi connectivity index (χ0) is 16.9. The van der Waals surface area contributed by atoms with Crippen molar-refractivity contribution in [1.29, 1.82) is 0 Å². The lowest BCUT2D eigenvalue weighted by Crippen LogP contribution is -2.11. The number of allylic oxidation sites excluding steroid dienone is 1. The molecule has 4 N–H and O–H groups in total. The Morgan fingerprint density at radius 1 is 1.12 bits per heavy atom. The monoisotopic (exact) mass is 340 g/mol. The minimum atomic E-state index is -0.771. The van der Waals surface area contributed by atoms with Crippen LogP contribution in [0.3, 0.4) is 0 Å². The minimum Gasteiger partial charge on any atom is -0.481 e. The van der Waals surface area contributed by atoms with Gasteiger partial charge in [-0.3, -0.25) is 14.6 Å². The molecular weight excluding hydrogens is 320 g/mol. The maximum atomic E-state index is 12.4. The fraction of sp³-hybridized carbons (Fsp3) is 0.211. The SMILES string of the molecule is O.O=C(O)CCCC/C=C1/c2cnccc2NC(=O)c2ccccc21. The number of hydrogen-bond acceptors (Lipinski definition) is 3. The molecule has 0 saturated heterocycles. The zero-order valence-corrected chi connectivity index (χ0v) is 13.7. The lowest BCUT2D eigenvalue weighted by Gasteiger charge is -2.10. The normalized spacial score (nSPS) is 13.9. The average Bonchev–Trinajstić information content (AvgIpc) is 2.70. The molecule has 3 rings (SSSR count). The summed E-state index contributed by atoms with van der Waals surface area (Å²) in [4.78, 5) is 27.2. The maximum Gasteiger partial charge on any atom is 0.303 e. The van der Waals surface area contributed by atoms with Crippen LogP contribution in [0.25, 0.3) is 5.57 Å². The number of pyridine rings is 1. The molecule has 0 atom stereocenters. The molecule has 1 aromatic carbocycles. The summed E-state index contributed by atoms with van der Waals surface area (Å²) in [5.74, 6) is -0.904. The van der Waals surface area contributed by atoms with Gasteiger partial charge >= 0.3 is 5.97 Å². The van der Waals surface area contributed by atoms with Crippen molar-refractivity contribution in [3.8, 4) is 0 Å². The van der Waals surface area contributed by atoms with E-state index >= 15 is 0 Å². The smallest absolute Gasteiger partial charge is 0.303 e. The summed E-state index contributed by atoms with van der Waals surface area (Å²) in [6, 6.07) is 9.28. The molecule has 2 aromatic rings. The fourth-order valence-electron chi connectivity index (χ4n) is 2.86. The largest absolute Gasteiger partial charge is 0.481 e. The second-order valence-electron chi connectivity index (χ2n) is 5.68. The van der Waals surface area contributed by atoms with Crippen LogP contribution in [0.4, 0.5) is 5.69 Å². The Hall–Kier alpha value is -2.99. The molecule has 0 fully saturated rings. The van der Waals surface area contributed by atoms with E-state index < -0.39 is 5.97 Å². The van der Waals surface area contributed by atoms with Crippen LogP contribution in [0.15, 0.2) is 48.8 Å². The molecule has 6 heteroatoms. The van der Waals surface area contributed by atoms with Crippen molar-refractivity contribution in [2.75, 3.05) is 5.32 Å². The van der Waals surface area contributed by atoms with E-state index in [-0.39, 0.29) is 17.8 Å². The van der Waals surface area contributed by atoms with Gasteiger partial charge in [0.15, 0.2) is 0 Å². The van der Waals surface area contributed by atoms with Gasteiger partial charge in [-0.15, -0.1) is 0 Å². The number of rotatable bonds is 5. The number of unbranched alkanes of at least 4 members (excludes halogenated alkanes) is 2. The molecule has 0 bridgehead atoms. The van der Waals surface area contributed by atoms with E-state index in [9.17, 15) is 9.59 Å². The van der Waals surface area contributed by atoms with Crippen molar-refractivity contribution in [2.45, 2.75) is 25.7 Å². The summed E-state index contributed by atoms with van der Waals surface area (Å²) in [6.07, 6.45) is 7.83. The van der Waals surface area contributed by atoms with Crippen LogP contribution in [-0.2, 0) is 4.79 Å². The highest BCUT2D eigenvalue weighted by atomic mass is 16.4. The van der Waals surface area contributed by atoms with Crippen LogP contribution >= 0.6 is 0 Å². The van der Waals surface area contributed by atoms with Crippen LogP contribution in [-0.4, -0.2) is 27.4 Å². The molecule has 6 nitrogen and oxygen atoms in total. The van der Waals surface area contributed by atoms with Gasteiger partial charge in [-0.2, -0.15) is 0 Å². The number of nitrogens with zero attached hydrogens (tertiary/aromatic N) is 1. The Bertz CT molecular complexity index is 815. The van der Waals surface area contributed by atoms with Gasteiger partial charge in [-0.1, -0.05) is 24.3 Å². The Morgan fingerprint density at radius 2 is 1.88 bits per heavy atom. The van der Waals surface area contributed by atoms with Crippen molar-refractivity contribution < 1.29 is 20.2 Å². The van der Waals surface area contributed by atoms with Gasteiger partial charge in [0.1, 0.15) is 0 Å². The number of aromatic nitrogens is 1. The van der Waals surface area contributed by atoms with Crippen molar-refractivity contribution in [1.82, 2.24) is 4.98 Å². The first-order chi connectivity index (χ1) is 11.7. The molecule has 25 heavy (non-hydrogen) atoms. The van der Waals surface area contributed by atoms with Gasteiger partial charge in [0, 0.05) is 29.9 Å². The fourth-order valence-corrected chi connectivity index (χ4v) is 2.86. The lowest BCUT2D eigenvalue weighted by molar-refractivity contribution is -0.137. The van der Waals surface area contributed by atoms with Crippen LogP contribution in [0.5, 0.6) is 0 Å². The molecule has 0 spiro atoms. The van der Waals surface area contributed by atoms with E-state index in [0.29, 0.717) is 12.0 Å². The molecule has 0 unspecified atom stereocenters. The predicted octanol–water partition coefficient (Wildman–Crippen LogP) is 2.90. The van der Waals surface area contributed by atoms with E-state index in [2.05, 4.69) is 16.4 Å². The van der Waals surface area contributed by atoms with E-state index in [1.165, 1.54) is 0 Å². The van der Waals surface area contributed by atoms with Gasteiger partial charge in [0.25, 0.3) is 5.91 Å². The van der Waals surface area contributed by atoms with Gasteiger partial charge in [-0.25, -0.2) is 0 Å². The maximum absolute atomic E-state index is 12.4. The van der Waals surface area contributed by atoms with E-state index in [1.807, 2.05) is 24.3 Å². The van der Waals surface area contributed by atoms with E-state index in [4.69, 9.17) is 5.11 Å². The molecule has 0 saturated carbocycles. The number of carbonyl (C=O) groups is 2. The van der Waals surface area contributed by atoms with Crippen LogP contribution in [0.1, 0.15) is 47.2 Å². The molecular formula is C19H20N2O4. The standard InChI is InChI=1S/C19H18N2O3.H2O/c22-18(23)9-3-1-2-6-14-13-7-4-5-8-15(13)19(24)21-17-10-11-20-12-16(14)17;/h4-8,10-12H,1-3,9H2,(H,21,24)(H,22,23);1H2/b14-6+;. The molecule has 0 aliphatic carbocycles. The van der Waals surface area contributed by atoms with Crippen LogP contribution in [0, 0.1) is 0 Å². The number of carboxylic acids is 1. The average molecular weight is 340 g/mol. The Labute approximate surface area is 145 Å². The number of amides is 1. The van der Waals surface area contributed by atoms with Crippen LogP contribution in [0.2, 0.25) is 0 Å². The minimum absolute atomic E-state index is 0. The Kier molecular flexibility index (Phi) is 6.03. The summed E-state index contributed by atoms with van der Waals surface area (Å²) in [5.41, 5.74) is 4.09. The summed E-state index contributed by atoms with van der Waals surface area (Å²) < 4.78 is 0. The van der Waals surface area contributed by atoms with Crippen molar-refractivity contribution in [3.05, 3.63) is 65.5 Å². The van der Waals surface area contributed by atoms with Gasteiger partial charge in [-0.05, 0) is 42.5 Å². The quantitative estimate of drug-likeness (QED) is 0.815. The summed E-state index contributed by atoms with van der Waals surface area (Å²) in [7, 11) is 0. The van der Waals surface area contributed by atoms with Gasteiger partial charge in [0.2, 0.25) is 0 Å². The molecule has 1 amide bonds. The highest BCUT2D eigenvalue weighted by Crippen LogP contribution is 2.34. The number of anilines is 1. The first-order valence-electron chi connectivity index (χ1n) is 7.94. The van der Waals surface area contributed by atoms with Gasteiger partial charge in [0.05, 0.1) is 5.69 Å². The summed E-state index contributed by atoms with van der Waals surface area (Å²) >= 11 is 0. The van der Waals surface area contributed by atoms with Crippen molar-refractivity contribution >= 4 is 23.1 Å². The number of hydrogen-bond donors (Lipinski definition) is 2. The van der Waals surface area contributed by atoms with Gasteiger partial charge < -0.3 is 15.9 Å². The van der Waals surface area contributed by atoms with Crippen molar-refractivity contribution in [2.24, 2.45) is 0 Å². The second kappa shape index (κ2) is 8.21. The number of nitrogens with one attached hydrogen (secondary N) is 1. The number of fused-ring (bicyclic) bond motifs is 2. The molecule has 2 heterocycles. The third-order valence-corrected chi connectivity index (χ3v) is 4.01. The lowest BCUT2D eigenvalue weighted by atomic mass is 9.94. The predicted molar refractivity (Wildman–Crippen MR) is 95.4 cm³/mol. The number of benzene rings is 1. The summed E-state index contributed by atoms with van der Waals surface area (Å²) in [5, 5.41) is 11.6. The molecule has 0 radical (unpaired) electrons. The summed E-state index contributed by atoms with van der Waals surface area (Å²) in [6.45, 7) is 0. The van der Waals surface area contributed by atoms with E-state index in [1.54, 1.807) is 18.5 Å². The highest BCUT2D eigenvalue weighted by Gasteiger charge is 2.22. The highest BCUT2D eigenvalue weighted by molar-refractivity contribution is 6.12. The first-order valence-corrected chi connectivity index (χ1v) is 7.94. The third-order valence-electron chi connectivity index (χ3n) is 4.01. The number of carboxylic acid groups (broad SMARTS) is 1. The molecule has 130 valence electrons. The van der Waals surface area contributed by atoms with E-state index in [0.717, 1.165) is 35.2 Å². The third kappa shape index (κ3) is 4.10. The van der Waals surface area contributed by atoms with Crippen molar-refractivity contribution in [3.63, 3.8) is 0 Å². The topological polar surface area (TPSA) is 111 Å². The molecule has 1 aliphatic heterocycles. The van der Waals surface area contributed by atoms with Crippen LogP contribution < -0.4 is 5.32 Å². The Balaban J connectivity index is 0.00000225. The number of aliphatic carboxylic acids is 1. The molecule has 1 aliphatic rings. The zero-order valence-electron chi connectivity index (χ0n) is 13.7. The Morgan fingerprint density at radius 3 is 2.64 bits per heavy atom. The number of carbonyl (C=O) groups excluding carboxylic acids is 1.